The lowest BCUT2D eigenvalue weighted by atomic mass is 9.99. The predicted molar refractivity (Wildman–Crippen MR) is 84.8 cm³/mol. The van der Waals surface area contributed by atoms with E-state index in [1.165, 1.54) is 16.7 Å². The van der Waals surface area contributed by atoms with Crippen LogP contribution < -0.4 is 11.3 Å². The molecule has 2 aromatic rings. The minimum Gasteiger partial charge on any atom is -0.271 e. The number of hydrogen-bond acceptors (Lipinski definition) is 4. The van der Waals surface area contributed by atoms with Crippen molar-refractivity contribution in [3.8, 4) is 0 Å². The van der Waals surface area contributed by atoms with Crippen molar-refractivity contribution >= 4 is 0 Å². The molecule has 0 aliphatic carbocycles. The van der Waals surface area contributed by atoms with Crippen molar-refractivity contribution in [3.05, 3.63) is 47.0 Å². The van der Waals surface area contributed by atoms with Crippen molar-refractivity contribution in [1.29, 1.82) is 0 Å². The van der Waals surface area contributed by atoms with Crippen molar-refractivity contribution in [2.45, 2.75) is 52.6 Å². The van der Waals surface area contributed by atoms with E-state index in [0.29, 0.717) is 6.04 Å². The third kappa shape index (κ3) is 4.12. The van der Waals surface area contributed by atoms with E-state index in [1.54, 1.807) is 6.33 Å². The molecular formula is C16H25N5. The standard InChI is InChI=1S/C16H25N5/c1-11(2)21-16(18-10-19-21)9-15(20-17)8-14-6-12(3)5-13(4)7-14/h5-7,10-11,15,20H,8-9,17H2,1-4H3. The van der Waals surface area contributed by atoms with Gasteiger partial charge in [-0.25, -0.2) is 9.67 Å². The molecule has 0 bridgehead atoms. The van der Waals surface area contributed by atoms with Crippen molar-refractivity contribution in [2.75, 3.05) is 0 Å². The van der Waals surface area contributed by atoms with Crippen LogP contribution in [-0.2, 0) is 12.8 Å². The van der Waals surface area contributed by atoms with Crippen LogP contribution in [0.4, 0.5) is 0 Å². The molecule has 0 saturated heterocycles. The third-order valence-electron chi connectivity index (χ3n) is 3.56. The highest BCUT2D eigenvalue weighted by molar-refractivity contribution is 5.29. The number of nitrogens with zero attached hydrogens (tertiary/aromatic N) is 3. The Morgan fingerprint density at radius 3 is 2.38 bits per heavy atom. The summed E-state index contributed by atoms with van der Waals surface area (Å²) in [6.45, 7) is 8.45. The monoisotopic (exact) mass is 287 g/mol. The lowest BCUT2D eigenvalue weighted by molar-refractivity contribution is 0.459. The van der Waals surface area contributed by atoms with E-state index in [-0.39, 0.29) is 6.04 Å². The highest BCUT2D eigenvalue weighted by atomic mass is 15.3. The van der Waals surface area contributed by atoms with E-state index >= 15 is 0 Å². The van der Waals surface area contributed by atoms with Crippen LogP contribution in [0.1, 0.15) is 42.4 Å². The summed E-state index contributed by atoms with van der Waals surface area (Å²) in [5.74, 6) is 6.70. The molecule has 1 aromatic carbocycles. The highest BCUT2D eigenvalue weighted by Gasteiger charge is 2.15. The summed E-state index contributed by atoms with van der Waals surface area (Å²) in [4.78, 5) is 4.36. The Morgan fingerprint density at radius 1 is 1.14 bits per heavy atom. The topological polar surface area (TPSA) is 68.8 Å². The maximum atomic E-state index is 5.73. The van der Waals surface area contributed by atoms with Crippen LogP contribution in [0.3, 0.4) is 0 Å². The van der Waals surface area contributed by atoms with E-state index < -0.39 is 0 Å². The molecule has 3 N–H and O–H groups in total. The molecule has 0 aliphatic heterocycles. The molecule has 1 aromatic heterocycles. The van der Waals surface area contributed by atoms with Crippen LogP contribution in [0.5, 0.6) is 0 Å². The molecule has 0 aliphatic rings. The van der Waals surface area contributed by atoms with Gasteiger partial charge in [-0.3, -0.25) is 11.3 Å². The van der Waals surface area contributed by atoms with Crippen LogP contribution in [0, 0.1) is 13.8 Å². The van der Waals surface area contributed by atoms with Gasteiger partial charge in [-0.15, -0.1) is 0 Å². The molecule has 0 fully saturated rings. The second kappa shape index (κ2) is 6.83. The van der Waals surface area contributed by atoms with E-state index in [0.717, 1.165) is 18.7 Å². The zero-order valence-corrected chi connectivity index (χ0v) is 13.3. The molecule has 0 amide bonds. The lowest BCUT2D eigenvalue weighted by Crippen LogP contribution is -2.39. The first-order valence-corrected chi connectivity index (χ1v) is 7.41. The zero-order chi connectivity index (χ0) is 15.4. The number of hydrogen-bond donors (Lipinski definition) is 2. The summed E-state index contributed by atoms with van der Waals surface area (Å²) < 4.78 is 1.95. The first kappa shape index (κ1) is 15.7. The summed E-state index contributed by atoms with van der Waals surface area (Å²) in [5.41, 5.74) is 6.78. The Bertz CT molecular complexity index is 568. The Labute approximate surface area is 126 Å². The molecule has 1 heterocycles. The van der Waals surface area contributed by atoms with Gasteiger partial charge in [0.15, 0.2) is 0 Å². The van der Waals surface area contributed by atoms with E-state index in [1.807, 2.05) is 4.68 Å². The van der Waals surface area contributed by atoms with Gasteiger partial charge < -0.3 is 0 Å². The van der Waals surface area contributed by atoms with Gasteiger partial charge in [0.2, 0.25) is 0 Å². The van der Waals surface area contributed by atoms with Crippen molar-refractivity contribution in [2.24, 2.45) is 5.84 Å². The summed E-state index contributed by atoms with van der Waals surface area (Å²) in [7, 11) is 0. The normalized spacial score (nSPS) is 12.9. The molecule has 0 saturated carbocycles. The Morgan fingerprint density at radius 2 is 1.81 bits per heavy atom. The Hall–Kier alpha value is -1.72. The largest absolute Gasteiger partial charge is 0.271 e. The van der Waals surface area contributed by atoms with E-state index in [9.17, 15) is 0 Å². The van der Waals surface area contributed by atoms with E-state index in [2.05, 4.69) is 61.4 Å². The van der Waals surface area contributed by atoms with Gasteiger partial charge in [0.1, 0.15) is 12.2 Å². The molecule has 5 heteroatoms. The molecule has 0 radical (unpaired) electrons. The molecule has 21 heavy (non-hydrogen) atoms. The van der Waals surface area contributed by atoms with Crippen LogP contribution in [0.2, 0.25) is 0 Å². The number of hydrazine groups is 1. The number of benzene rings is 1. The second-order valence-electron chi connectivity index (χ2n) is 5.98. The summed E-state index contributed by atoms with van der Waals surface area (Å²) >= 11 is 0. The number of nitrogens with two attached hydrogens (primary N) is 1. The zero-order valence-electron chi connectivity index (χ0n) is 13.3. The molecule has 5 nitrogen and oxygen atoms in total. The first-order valence-electron chi connectivity index (χ1n) is 7.41. The third-order valence-corrected chi connectivity index (χ3v) is 3.56. The van der Waals surface area contributed by atoms with Gasteiger partial charge in [0.05, 0.1) is 0 Å². The number of nitrogens with one attached hydrogen (secondary N) is 1. The SMILES string of the molecule is Cc1cc(C)cc(CC(Cc2ncnn2C(C)C)NN)c1. The smallest absolute Gasteiger partial charge is 0.138 e. The fourth-order valence-electron chi connectivity index (χ4n) is 2.73. The average molecular weight is 287 g/mol. The molecular weight excluding hydrogens is 262 g/mol. The summed E-state index contributed by atoms with van der Waals surface area (Å²) in [6, 6.07) is 7.06. The van der Waals surface area contributed by atoms with Gasteiger partial charge in [-0.05, 0) is 39.7 Å². The van der Waals surface area contributed by atoms with Gasteiger partial charge >= 0.3 is 0 Å². The minimum atomic E-state index is 0.146. The first-order chi connectivity index (χ1) is 9.99. The maximum Gasteiger partial charge on any atom is 0.138 e. The summed E-state index contributed by atoms with van der Waals surface area (Å²) in [6.07, 6.45) is 3.26. The molecule has 1 atom stereocenters. The highest BCUT2D eigenvalue weighted by Crippen LogP contribution is 2.13. The van der Waals surface area contributed by atoms with Crippen molar-refractivity contribution < 1.29 is 0 Å². The average Bonchev–Trinajstić information content (AvgIpc) is 2.85. The van der Waals surface area contributed by atoms with Gasteiger partial charge in [0.25, 0.3) is 0 Å². The molecule has 2 rings (SSSR count). The Kier molecular flexibility index (Phi) is 5.09. The Balaban J connectivity index is 2.11. The van der Waals surface area contributed by atoms with Crippen molar-refractivity contribution in [3.63, 3.8) is 0 Å². The van der Waals surface area contributed by atoms with Gasteiger partial charge in [-0.1, -0.05) is 29.3 Å². The molecule has 1 unspecified atom stereocenters. The predicted octanol–water partition coefficient (Wildman–Crippen LogP) is 2.09. The molecule has 0 spiro atoms. The fraction of sp³-hybridized carbons (Fsp3) is 0.500. The van der Waals surface area contributed by atoms with Gasteiger partial charge in [0, 0.05) is 18.5 Å². The lowest BCUT2D eigenvalue weighted by Gasteiger charge is -2.17. The van der Waals surface area contributed by atoms with E-state index in [4.69, 9.17) is 5.84 Å². The van der Waals surface area contributed by atoms with Crippen molar-refractivity contribution in [1.82, 2.24) is 20.2 Å². The van der Waals surface area contributed by atoms with Crippen LogP contribution >= 0.6 is 0 Å². The number of aromatic nitrogens is 3. The van der Waals surface area contributed by atoms with Crippen LogP contribution in [0.15, 0.2) is 24.5 Å². The van der Waals surface area contributed by atoms with Gasteiger partial charge in [-0.2, -0.15) is 5.10 Å². The fourth-order valence-corrected chi connectivity index (χ4v) is 2.73. The van der Waals surface area contributed by atoms with Crippen LogP contribution in [-0.4, -0.2) is 20.8 Å². The molecule has 114 valence electrons. The van der Waals surface area contributed by atoms with Crippen LogP contribution in [0.25, 0.3) is 0 Å². The number of rotatable bonds is 6. The maximum absolute atomic E-state index is 5.73. The quantitative estimate of drug-likeness (QED) is 0.630. The second-order valence-corrected chi connectivity index (χ2v) is 5.98. The summed E-state index contributed by atoms with van der Waals surface area (Å²) in [5, 5.41) is 4.28. The number of aryl methyl sites for hydroxylation is 2. The minimum absolute atomic E-state index is 0.146.